The molecule has 0 aromatic heterocycles. The van der Waals surface area contributed by atoms with Gasteiger partial charge in [-0.15, -0.1) is 0 Å². The van der Waals surface area contributed by atoms with Crippen molar-refractivity contribution in [2.45, 2.75) is 11.5 Å². The van der Waals surface area contributed by atoms with E-state index in [0.717, 1.165) is 11.1 Å². The SMILES string of the molecule is N#Cc1ccccc1CSCc1ccccc1C(=O)O. The summed E-state index contributed by atoms with van der Waals surface area (Å²) in [4.78, 5) is 11.1. The zero-order chi connectivity index (χ0) is 14.4. The van der Waals surface area contributed by atoms with Gasteiger partial charge in [0.15, 0.2) is 0 Å². The van der Waals surface area contributed by atoms with Gasteiger partial charge < -0.3 is 5.11 Å². The minimum atomic E-state index is -0.904. The van der Waals surface area contributed by atoms with E-state index < -0.39 is 5.97 Å². The van der Waals surface area contributed by atoms with Crippen LogP contribution in [0.3, 0.4) is 0 Å². The van der Waals surface area contributed by atoms with E-state index in [1.54, 1.807) is 30.0 Å². The molecule has 0 saturated carbocycles. The monoisotopic (exact) mass is 283 g/mol. The lowest BCUT2D eigenvalue weighted by molar-refractivity contribution is 0.0696. The molecule has 2 aromatic rings. The van der Waals surface area contributed by atoms with Crippen LogP contribution in [0.25, 0.3) is 0 Å². The maximum Gasteiger partial charge on any atom is 0.335 e. The summed E-state index contributed by atoms with van der Waals surface area (Å²) >= 11 is 1.61. The van der Waals surface area contributed by atoms with Crippen LogP contribution in [0.5, 0.6) is 0 Å². The molecule has 0 spiro atoms. The zero-order valence-electron chi connectivity index (χ0n) is 10.7. The van der Waals surface area contributed by atoms with E-state index in [1.807, 2.05) is 30.3 Å². The Balaban J connectivity index is 2.04. The summed E-state index contributed by atoms with van der Waals surface area (Å²) in [6.45, 7) is 0. The third-order valence-electron chi connectivity index (χ3n) is 2.90. The van der Waals surface area contributed by atoms with Gasteiger partial charge in [0.2, 0.25) is 0 Å². The molecular formula is C16H13NO2S. The first-order valence-electron chi connectivity index (χ1n) is 6.09. The van der Waals surface area contributed by atoms with Crippen molar-refractivity contribution in [2.24, 2.45) is 0 Å². The standard InChI is InChI=1S/C16H13NO2S/c17-9-12-5-1-2-6-13(12)10-20-11-14-7-3-4-8-15(14)16(18)19/h1-8H,10-11H2,(H,18,19). The van der Waals surface area contributed by atoms with Crippen molar-refractivity contribution in [1.29, 1.82) is 5.26 Å². The van der Waals surface area contributed by atoms with E-state index in [0.29, 0.717) is 22.6 Å². The molecule has 0 amide bonds. The van der Waals surface area contributed by atoms with Gasteiger partial charge >= 0.3 is 5.97 Å². The molecule has 2 aromatic carbocycles. The number of hydrogen-bond acceptors (Lipinski definition) is 3. The molecule has 0 aliphatic rings. The average Bonchev–Trinajstić information content (AvgIpc) is 2.48. The molecule has 0 saturated heterocycles. The number of thioether (sulfide) groups is 1. The van der Waals surface area contributed by atoms with Gasteiger partial charge in [-0.3, -0.25) is 0 Å². The van der Waals surface area contributed by atoms with Crippen molar-refractivity contribution in [3.8, 4) is 6.07 Å². The lowest BCUT2D eigenvalue weighted by atomic mass is 10.1. The maximum absolute atomic E-state index is 11.1. The number of nitrogens with zero attached hydrogens (tertiary/aromatic N) is 1. The van der Waals surface area contributed by atoms with Crippen LogP contribution in [0.2, 0.25) is 0 Å². The Labute approximate surface area is 121 Å². The van der Waals surface area contributed by atoms with E-state index in [9.17, 15) is 4.79 Å². The largest absolute Gasteiger partial charge is 0.478 e. The van der Waals surface area contributed by atoms with Gasteiger partial charge in [-0.1, -0.05) is 36.4 Å². The highest BCUT2D eigenvalue weighted by molar-refractivity contribution is 7.97. The van der Waals surface area contributed by atoms with Crippen LogP contribution >= 0.6 is 11.8 Å². The predicted molar refractivity (Wildman–Crippen MR) is 79.6 cm³/mol. The summed E-state index contributed by atoms with van der Waals surface area (Å²) in [7, 11) is 0. The van der Waals surface area contributed by atoms with Crippen LogP contribution in [0, 0.1) is 11.3 Å². The second-order valence-corrected chi connectivity index (χ2v) is 5.21. The van der Waals surface area contributed by atoms with Gasteiger partial charge in [0.05, 0.1) is 17.2 Å². The van der Waals surface area contributed by atoms with Gasteiger partial charge in [0.25, 0.3) is 0 Å². The second-order valence-electron chi connectivity index (χ2n) is 4.22. The number of carboxylic acids is 1. The van der Waals surface area contributed by atoms with Crippen molar-refractivity contribution in [2.75, 3.05) is 0 Å². The molecular weight excluding hydrogens is 270 g/mol. The van der Waals surface area contributed by atoms with Crippen molar-refractivity contribution < 1.29 is 9.90 Å². The van der Waals surface area contributed by atoms with Gasteiger partial charge in [-0.05, 0) is 23.3 Å². The number of carboxylic acid groups (broad SMARTS) is 1. The summed E-state index contributed by atoms with van der Waals surface area (Å²) in [5.74, 6) is 0.401. The molecule has 0 atom stereocenters. The molecule has 3 nitrogen and oxygen atoms in total. The topological polar surface area (TPSA) is 61.1 Å². The number of carbonyl (C=O) groups is 1. The van der Waals surface area contributed by atoms with E-state index in [4.69, 9.17) is 10.4 Å². The average molecular weight is 283 g/mol. The molecule has 1 N–H and O–H groups in total. The molecule has 20 heavy (non-hydrogen) atoms. The number of rotatable bonds is 5. The molecule has 0 radical (unpaired) electrons. The van der Waals surface area contributed by atoms with Crippen LogP contribution in [0.1, 0.15) is 27.0 Å². The first kappa shape index (κ1) is 14.2. The molecule has 100 valence electrons. The third kappa shape index (κ3) is 3.40. The predicted octanol–water partition coefficient (Wildman–Crippen LogP) is 3.69. The fourth-order valence-corrected chi connectivity index (χ4v) is 2.93. The summed E-state index contributed by atoms with van der Waals surface area (Å²) in [6.07, 6.45) is 0. The van der Waals surface area contributed by atoms with E-state index in [2.05, 4.69) is 6.07 Å². The summed E-state index contributed by atoms with van der Waals surface area (Å²) < 4.78 is 0. The first-order valence-corrected chi connectivity index (χ1v) is 7.25. The van der Waals surface area contributed by atoms with Crippen LogP contribution in [0.15, 0.2) is 48.5 Å². The first-order chi connectivity index (χ1) is 9.72. The van der Waals surface area contributed by atoms with Crippen molar-refractivity contribution in [3.05, 3.63) is 70.8 Å². The van der Waals surface area contributed by atoms with Crippen LogP contribution in [-0.4, -0.2) is 11.1 Å². The highest BCUT2D eigenvalue weighted by Crippen LogP contribution is 2.22. The Kier molecular flexibility index (Phi) is 4.80. The Hall–Kier alpha value is -2.25. The summed E-state index contributed by atoms with van der Waals surface area (Å²) in [6, 6.07) is 16.6. The maximum atomic E-state index is 11.1. The van der Waals surface area contributed by atoms with E-state index in [-0.39, 0.29) is 0 Å². The molecule has 2 rings (SSSR count). The molecule has 0 aliphatic heterocycles. The summed E-state index contributed by atoms with van der Waals surface area (Å²) in [5, 5.41) is 18.1. The van der Waals surface area contributed by atoms with Crippen LogP contribution in [0.4, 0.5) is 0 Å². The van der Waals surface area contributed by atoms with Gasteiger partial charge in [0, 0.05) is 11.5 Å². The quantitative estimate of drug-likeness (QED) is 0.909. The normalized spacial score (nSPS) is 9.95. The molecule has 0 fully saturated rings. The van der Waals surface area contributed by atoms with E-state index >= 15 is 0 Å². The molecule has 4 heteroatoms. The van der Waals surface area contributed by atoms with Gasteiger partial charge in [-0.25, -0.2) is 4.79 Å². The molecule has 0 heterocycles. The molecule has 0 bridgehead atoms. The fraction of sp³-hybridized carbons (Fsp3) is 0.125. The van der Waals surface area contributed by atoms with Crippen LogP contribution in [-0.2, 0) is 11.5 Å². The third-order valence-corrected chi connectivity index (χ3v) is 3.93. The number of hydrogen-bond donors (Lipinski definition) is 1. The van der Waals surface area contributed by atoms with Crippen molar-refractivity contribution >= 4 is 17.7 Å². The fourth-order valence-electron chi connectivity index (χ4n) is 1.88. The smallest absolute Gasteiger partial charge is 0.335 e. The minimum Gasteiger partial charge on any atom is -0.478 e. The Bertz CT molecular complexity index is 662. The minimum absolute atomic E-state index is 0.341. The lowest BCUT2D eigenvalue weighted by Gasteiger charge is -2.06. The van der Waals surface area contributed by atoms with Crippen LogP contribution < -0.4 is 0 Å². The van der Waals surface area contributed by atoms with Crippen molar-refractivity contribution in [3.63, 3.8) is 0 Å². The highest BCUT2D eigenvalue weighted by Gasteiger charge is 2.09. The second kappa shape index (κ2) is 6.78. The molecule has 0 unspecified atom stereocenters. The number of nitriles is 1. The van der Waals surface area contributed by atoms with Gasteiger partial charge in [-0.2, -0.15) is 17.0 Å². The van der Waals surface area contributed by atoms with Gasteiger partial charge in [0.1, 0.15) is 0 Å². The summed E-state index contributed by atoms with van der Waals surface area (Å²) in [5.41, 5.74) is 2.80. The Morgan fingerprint density at radius 2 is 1.65 bits per heavy atom. The van der Waals surface area contributed by atoms with Crippen molar-refractivity contribution in [1.82, 2.24) is 0 Å². The lowest BCUT2D eigenvalue weighted by Crippen LogP contribution is -2.01. The van der Waals surface area contributed by atoms with E-state index in [1.165, 1.54) is 0 Å². The Morgan fingerprint density at radius 1 is 1.05 bits per heavy atom. The number of benzene rings is 2. The number of aromatic carboxylic acids is 1. The highest BCUT2D eigenvalue weighted by atomic mass is 32.2. The zero-order valence-corrected chi connectivity index (χ0v) is 11.6. The Morgan fingerprint density at radius 3 is 2.35 bits per heavy atom. The molecule has 0 aliphatic carbocycles.